The van der Waals surface area contributed by atoms with Gasteiger partial charge in [0.1, 0.15) is 0 Å². The lowest BCUT2D eigenvalue weighted by molar-refractivity contribution is -0.120. The average Bonchev–Trinajstić information content (AvgIpc) is 2.91. The van der Waals surface area contributed by atoms with Crippen LogP contribution in [-0.4, -0.2) is 44.0 Å². The first kappa shape index (κ1) is 14.4. The molecule has 2 aliphatic heterocycles. The Balaban J connectivity index is 1.72. The number of morpholine rings is 1. The monoisotopic (exact) mass is 308 g/mol. The van der Waals surface area contributed by atoms with Crippen LogP contribution < -0.4 is 9.80 Å². The third-order valence-electron chi connectivity index (χ3n) is 3.98. The van der Waals surface area contributed by atoms with Gasteiger partial charge >= 0.3 is 0 Å². The molecule has 2 fully saturated rings. The zero-order chi connectivity index (χ0) is 14.8. The van der Waals surface area contributed by atoms with Crippen LogP contribution in [0.15, 0.2) is 24.3 Å². The summed E-state index contributed by atoms with van der Waals surface area (Å²) in [7, 11) is 0. The molecule has 0 N–H and O–H groups in total. The molecule has 1 atom stereocenters. The Bertz CT molecular complexity index is 540. The van der Waals surface area contributed by atoms with E-state index in [1.807, 2.05) is 24.3 Å². The van der Waals surface area contributed by atoms with Gasteiger partial charge in [0, 0.05) is 37.4 Å². The summed E-state index contributed by atoms with van der Waals surface area (Å²) in [5.74, 6) is -0.439. The molecule has 112 valence electrons. The van der Waals surface area contributed by atoms with Crippen LogP contribution in [0.3, 0.4) is 0 Å². The highest BCUT2D eigenvalue weighted by Gasteiger charge is 2.34. The van der Waals surface area contributed by atoms with Gasteiger partial charge in [-0.05, 0) is 35.9 Å². The molecule has 1 aromatic carbocycles. The summed E-state index contributed by atoms with van der Waals surface area (Å²) in [5, 5.41) is -0.434. The zero-order valence-electron chi connectivity index (χ0n) is 11.6. The summed E-state index contributed by atoms with van der Waals surface area (Å²) in [5.41, 5.74) is 1.94. The van der Waals surface area contributed by atoms with Crippen molar-refractivity contribution in [2.24, 2.45) is 5.92 Å². The Morgan fingerprint density at radius 1 is 1.14 bits per heavy atom. The minimum Gasteiger partial charge on any atom is -0.378 e. The van der Waals surface area contributed by atoms with Gasteiger partial charge in [-0.2, -0.15) is 0 Å². The van der Waals surface area contributed by atoms with E-state index in [2.05, 4.69) is 4.90 Å². The lowest BCUT2D eigenvalue weighted by Crippen LogP contribution is -2.36. The Labute approximate surface area is 128 Å². The maximum absolute atomic E-state index is 12.0. The molecule has 1 unspecified atom stereocenters. The highest BCUT2D eigenvalue weighted by Crippen LogP contribution is 2.28. The first-order valence-corrected chi connectivity index (χ1v) is 7.45. The van der Waals surface area contributed by atoms with Crippen LogP contribution in [-0.2, 0) is 14.3 Å². The molecule has 2 saturated heterocycles. The number of ether oxygens (including phenoxy) is 1. The molecule has 3 rings (SSSR count). The highest BCUT2D eigenvalue weighted by atomic mass is 35.5. The van der Waals surface area contributed by atoms with Gasteiger partial charge in [0.05, 0.1) is 19.1 Å². The molecule has 0 spiro atoms. The zero-order valence-corrected chi connectivity index (χ0v) is 12.4. The minimum absolute atomic E-state index is 0.0480. The van der Waals surface area contributed by atoms with E-state index in [1.165, 1.54) is 0 Å². The second kappa shape index (κ2) is 6.03. The maximum Gasteiger partial charge on any atom is 0.227 e. The Morgan fingerprint density at radius 3 is 2.33 bits per heavy atom. The molecule has 0 saturated carbocycles. The SMILES string of the molecule is O=C(Cl)C1CC(=O)N(c2ccc(N3CCOCC3)cc2)C1. The van der Waals surface area contributed by atoms with Crippen molar-refractivity contribution in [2.45, 2.75) is 6.42 Å². The summed E-state index contributed by atoms with van der Waals surface area (Å²) < 4.78 is 5.34. The number of carbonyl (C=O) groups excluding carboxylic acids is 2. The molecule has 21 heavy (non-hydrogen) atoms. The number of anilines is 2. The normalized spacial score (nSPS) is 22.7. The number of halogens is 1. The predicted molar refractivity (Wildman–Crippen MR) is 80.8 cm³/mol. The van der Waals surface area contributed by atoms with Gasteiger partial charge < -0.3 is 14.5 Å². The van der Waals surface area contributed by atoms with E-state index in [0.29, 0.717) is 6.54 Å². The largest absolute Gasteiger partial charge is 0.378 e. The molecule has 2 heterocycles. The fourth-order valence-electron chi connectivity index (χ4n) is 2.77. The van der Waals surface area contributed by atoms with Crippen LogP contribution in [0.4, 0.5) is 11.4 Å². The van der Waals surface area contributed by atoms with Gasteiger partial charge in [0.15, 0.2) is 0 Å². The van der Waals surface area contributed by atoms with Gasteiger partial charge in [0.25, 0.3) is 0 Å². The number of nitrogens with zero attached hydrogens (tertiary/aromatic N) is 2. The van der Waals surface area contributed by atoms with Crippen molar-refractivity contribution in [3.05, 3.63) is 24.3 Å². The highest BCUT2D eigenvalue weighted by molar-refractivity contribution is 6.64. The van der Waals surface area contributed by atoms with Crippen LogP contribution in [0.5, 0.6) is 0 Å². The van der Waals surface area contributed by atoms with E-state index in [0.717, 1.165) is 37.7 Å². The van der Waals surface area contributed by atoms with Gasteiger partial charge in [-0.3, -0.25) is 9.59 Å². The van der Waals surface area contributed by atoms with Crippen LogP contribution in [0.1, 0.15) is 6.42 Å². The van der Waals surface area contributed by atoms with Crippen molar-refractivity contribution in [2.75, 3.05) is 42.6 Å². The van der Waals surface area contributed by atoms with Gasteiger partial charge in [-0.15, -0.1) is 0 Å². The summed E-state index contributed by atoms with van der Waals surface area (Å²) >= 11 is 5.49. The second-order valence-corrected chi connectivity index (χ2v) is 5.70. The van der Waals surface area contributed by atoms with E-state index in [1.54, 1.807) is 4.90 Å². The molecule has 5 nitrogen and oxygen atoms in total. The third-order valence-corrected chi connectivity index (χ3v) is 4.29. The molecule has 2 aliphatic rings. The molecular weight excluding hydrogens is 292 g/mol. The van der Waals surface area contributed by atoms with Gasteiger partial charge in [0.2, 0.25) is 11.1 Å². The lowest BCUT2D eigenvalue weighted by atomic mass is 10.1. The molecule has 6 heteroatoms. The average molecular weight is 309 g/mol. The van der Waals surface area contributed by atoms with Crippen molar-refractivity contribution in [3.8, 4) is 0 Å². The lowest BCUT2D eigenvalue weighted by Gasteiger charge is -2.29. The van der Waals surface area contributed by atoms with Crippen molar-refractivity contribution < 1.29 is 14.3 Å². The molecule has 1 aromatic rings. The fourth-order valence-corrected chi connectivity index (χ4v) is 2.92. The minimum atomic E-state index is -0.434. The van der Waals surface area contributed by atoms with Crippen molar-refractivity contribution in [1.29, 1.82) is 0 Å². The number of amides is 1. The fraction of sp³-hybridized carbons (Fsp3) is 0.467. The summed E-state index contributed by atoms with van der Waals surface area (Å²) in [6.45, 7) is 3.62. The topological polar surface area (TPSA) is 49.9 Å². The van der Waals surface area contributed by atoms with Gasteiger partial charge in [-0.25, -0.2) is 0 Å². The van der Waals surface area contributed by atoms with Crippen molar-refractivity contribution in [3.63, 3.8) is 0 Å². The number of benzene rings is 1. The number of hydrogen-bond acceptors (Lipinski definition) is 4. The summed E-state index contributed by atoms with van der Waals surface area (Å²) in [4.78, 5) is 27.0. The molecule has 0 radical (unpaired) electrons. The van der Waals surface area contributed by atoms with Crippen molar-refractivity contribution in [1.82, 2.24) is 0 Å². The van der Waals surface area contributed by atoms with E-state index in [-0.39, 0.29) is 12.3 Å². The first-order chi connectivity index (χ1) is 10.1. The molecular formula is C15H17ClN2O3. The van der Waals surface area contributed by atoms with E-state index in [4.69, 9.17) is 16.3 Å². The quantitative estimate of drug-likeness (QED) is 0.797. The van der Waals surface area contributed by atoms with E-state index >= 15 is 0 Å². The standard InChI is InChI=1S/C15H17ClN2O3/c16-15(20)11-9-14(19)18(10-11)13-3-1-12(2-4-13)17-5-7-21-8-6-17/h1-4,11H,5-10H2. The van der Waals surface area contributed by atoms with Crippen LogP contribution >= 0.6 is 11.6 Å². The van der Waals surface area contributed by atoms with Crippen LogP contribution in [0.25, 0.3) is 0 Å². The maximum atomic E-state index is 12.0. The Morgan fingerprint density at radius 2 is 1.76 bits per heavy atom. The Hall–Kier alpha value is -1.59. The number of hydrogen-bond donors (Lipinski definition) is 0. The first-order valence-electron chi connectivity index (χ1n) is 7.07. The molecule has 0 aromatic heterocycles. The summed E-state index contributed by atoms with van der Waals surface area (Å²) in [6.07, 6.45) is 0.202. The number of rotatable bonds is 3. The molecule has 0 aliphatic carbocycles. The van der Waals surface area contributed by atoms with Gasteiger partial charge in [-0.1, -0.05) is 0 Å². The Kier molecular flexibility index (Phi) is 4.12. The molecule has 1 amide bonds. The third kappa shape index (κ3) is 3.04. The van der Waals surface area contributed by atoms with Crippen LogP contribution in [0, 0.1) is 5.92 Å². The summed E-state index contributed by atoms with van der Waals surface area (Å²) in [6, 6.07) is 7.85. The van der Waals surface area contributed by atoms with Crippen LogP contribution in [0.2, 0.25) is 0 Å². The van der Waals surface area contributed by atoms with Crippen molar-refractivity contribution >= 4 is 34.1 Å². The predicted octanol–water partition coefficient (Wildman–Crippen LogP) is 1.64. The smallest absolute Gasteiger partial charge is 0.227 e. The molecule has 0 bridgehead atoms. The second-order valence-electron chi connectivity index (χ2n) is 5.33. The number of carbonyl (C=O) groups is 2. The van der Waals surface area contributed by atoms with E-state index < -0.39 is 11.2 Å². The van der Waals surface area contributed by atoms with E-state index in [9.17, 15) is 9.59 Å².